The van der Waals surface area contributed by atoms with E-state index in [-0.39, 0.29) is 30.1 Å². The fourth-order valence-corrected chi connectivity index (χ4v) is 5.65. The second kappa shape index (κ2) is 13.1. The Balaban J connectivity index is 0.00000289. The van der Waals surface area contributed by atoms with E-state index in [9.17, 15) is 0 Å². The molecule has 1 aromatic carbocycles. The summed E-state index contributed by atoms with van der Waals surface area (Å²) >= 11 is 0. The summed E-state index contributed by atoms with van der Waals surface area (Å²) in [6.45, 7) is 6.36. The number of piperidine rings is 1. The molecule has 5 nitrogen and oxygen atoms in total. The first-order valence-electron chi connectivity index (χ1n) is 12.6. The number of nitrogens with one attached hydrogen (secondary N) is 2. The number of hydrogen-bond donors (Lipinski definition) is 2. The lowest BCUT2D eigenvalue weighted by atomic mass is 9.89. The van der Waals surface area contributed by atoms with Crippen LogP contribution in [0.5, 0.6) is 0 Å². The van der Waals surface area contributed by atoms with Crippen LogP contribution in [0.25, 0.3) is 0 Å². The van der Waals surface area contributed by atoms with Gasteiger partial charge in [-0.1, -0.05) is 49.1 Å². The molecule has 1 aliphatic carbocycles. The molecule has 0 radical (unpaired) electrons. The quantitative estimate of drug-likeness (QED) is 0.304. The number of likely N-dealkylation sites (tertiary alicyclic amines) is 1. The number of benzene rings is 1. The van der Waals surface area contributed by atoms with Gasteiger partial charge in [0.05, 0.1) is 6.10 Å². The van der Waals surface area contributed by atoms with Gasteiger partial charge in [-0.3, -0.25) is 4.99 Å². The lowest BCUT2D eigenvalue weighted by Gasteiger charge is -2.40. The van der Waals surface area contributed by atoms with Gasteiger partial charge in [-0.15, -0.1) is 24.0 Å². The van der Waals surface area contributed by atoms with Crippen molar-refractivity contribution in [3.63, 3.8) is 0 Å². The molecule has 2 heterocycles. The van der Waals surface area contributed by atoms with Crippen molar-refractivity contribution in [1.82, 2.24) is 15.5 Å². The first-order chi connectivity index (χ1) is 15.2. The van der Waals surface area contributed by atoms with Crippen molar-refractivity contribution >= 4 is 29.9 Å². The maximum atomic E-state index is 6.20. The van der Waals surface area contributed by atoms with Crippen LogP contribution >= 0.6 is 24.0 Å². The molecule has 2 unspecified atom stereocenters. The smallest absolute Gasteiger partial charge is 0.191 e. The van der Waals surface area contributed by atoms with E-state index in [4.69, 9.17) is 4.74 Å². The SMILES string of the molecule is CN=C(NCC1CCCOC1c1ccc(C)cc1)NC1CCN(C2CCCCC2)CC1.I. The molecular weight excluding hydrogens is 511 g/mol. The highest BCUT2D eigenvalue weighted by molar-refractivity contribution is 14.0. The van der Waals surface area contributed by atoms with Gasteiger partial charge in [0.15, 0.2) is 5.96 Å². The third-order valence-electron chi connectivity index (χ3n) is 7.57. The van der Waals surface area contributed by atoms with E-state index in [0.717, 1.165) is 31.6 Å². The third kappa shape index (κ3) is 7.07. The van der Waals surface area contributed by atoms with Crippen molar-refractivity contribution in [3.8, 4) is 0 Å². The van der Waals surface area contributed by atoms with Crippen LogP contribution < -0.4 is 10.6 Å². The summed E-state index contributed by atoms with van der Waals surface area (Å²) < 4.78 is 6.20. The van der Waals surface area contributed by atoms with Crippen LogP contribution in [-0.4, -0.2) is 56.2 Å². The maximum Gasteiger partial charge on any atom is 0.191 e. The zero-order valence-corrected chi connectivity index (χ0v) is 22.4. The molecular formula is C26H43IN4O. The van der Waals surface area contributed by atoms with Gasteiger partial charge in [0.1, 0.15) is 0 Å². The molecule has 0 aromatic heterocycles. The molecule has 2 aliphatic heterocycles. The van der Waals surface area contributed by atoms with Gasteiger partial charge in [-0.05, 0) is 51.0 Å². The monoisotopic (exact) mass is 554 g/mol. The molecule has 6 heteroatoms. The number of aryl methyl sites for hydroxylation is 1. The van der Waals surface area contributed by atoms with E-state index >= 15 is 0 Å². The van der Waals surface area contributed by atoms with E-state index < -0.39 is 0 Å². The number of guanidine groups is 1. The molecule has 32 heavy (non-hydrogen) atoms. The van der Waals surface area contributed by atoms with Gasteiger partial charge >= 0.3 is 0 Å². The van der Waals surface area contributed by atoms with E-state index in [1.54, 1.807) is 0 Å². The summed E-state index contributed by atoms with van der Waals surface area (Å²) in [7, 11) is 1.89. The van der Waals surface area contributed by atoms with Gasteiger partial charge in [0.2, 0.25) is 0 Å². The molecule has 3 fully saturated rings. The first kappa shape index (κ1) is 25.8. The molecule has 3 aliphatic rings. The van der Waals surface area contributed by atoms with Gasteiger partial charge in [-0.25, -0.2) is 0 Å². The molecule has 2 N–H and O–H groups in total. The van der Waals surface area contributed by atoms with E-state index in [2.05, 4.69) is 51.7 Å². The minimum absolute atomic E-state index is 0. The Morgan fingerprint density at radius 3 is 2.41 bits per heavy atom. The number of halogens is 1. The Kier molecular flexibility index (Phi) is 10.6. The second-order valence-electron chi connectivity index (χ2n) is 9.80. The molecule has 180 valence electrons. The molecule has 1 saturated carbocycles. The summed E-state index contributed by atoms with van der Waals surface area (Å²) in [5, 5.41) is 7.32. The van der Waals surface area contributed by atoms with Crippen LogP contribution in [0.1, 0.15) is 75.0 Å². The van der Waals surface area contributed by atoms with Crippen molar-refractivity contribution in [2.45, 2.75) is 82.9 Å². The summed E-state index contributed by atoms with van der Waals surface area (Å²) in [5.41, 5.74) is 2.60. The van der Waals surface area contributed by atoms with Crippen molar-refractivity contribution in [2.75, 3.05) is 33.3 Å². The second-order valence-corrected chi connectivity index (χ2v) is 9.80. The zero-order valence-electron chi connectivity index (χ0n) is 20.0. The molecule has 4 rings (SSSR count). The van der Waals surface area contributed by atoms with Crippen molar-refractivity contribution in [3.05, 3.63) is 35.4 Å². The first-order valence-corrected chi connectivity index (χ1v) is 12.6. The molecule has 0 bridgehead atoms. The Bertz CT molecular complexity index is 696. The summed E-state index contributed by atoms with van der Waals surface area (Å²) in [6.07, 6.45) is 12.1. The third-order valence-corrected chi connectivity index (χ3v) is 7.57. The number of aliphatic imine (C=N–C) groups is 1. The van der Waals surface area contributed by atoms with Gasteiger partial charge < -0.3 is 20.3 Å². The van der Waals surface area contributed by atoms with Gasteiger partial charge in [-0.2, -0.15) is 0 Å². The summed E-state index contributed by atoms with van der Waals surface area (Å²) in [5.74, 6) is 1.42. The highest BCUT2D eigenvalue weighted by Gasteiger charge is 2.29. The Hall–Kier alpha value is -0.860. The predicted octanol–water partition coefficient (Wildman–Crippen LogP) is 5.04. The molecule has 0 amide bonds. The predicted molar refractivity (Wildman–Crippen MR) is 144 cm³/mol. The molecule has 2 saturated heterocycles. The minimum atomic E-state index is 0. The minimum Gasteiger partial charge on any atom is -0.373 e. The van der Waals surface area contributed by atoms with Crippen LogP contribution in [0.4, 0.5) is 0 Å². The summed E-state index contributed by atoms with van der Waals surface area (Å²) in [4.78, 5) is 7.27. The zero-order chi connectivity index (χ0) is 21.5. The number of hydrogen-bond acceptors (Lipinski definition) is 3. The fraction of sp³-hybridized carbons (Fsp3) is 0.731. The van der Waals surface area contributed by atoms with Gasteiger partial charge in [0, 0.05) is 51.3 Å². The number of rotatable bonds is 5. The lowest BCUT2D eigenvalue weighted by Crippen LogP contribution is -2.51. The topological polar surface area (TPSA) is 48.9 Å². The standard InChI is InChI=1S/C26H42N4O.HI/c1-20-10-12-21(13-11-20)25-22(7-6-18-31-25)19-28-26(27-2)29-23-14-16-30(17-15-23)24-8-4-3-5-9-24;/h10-13,22-25H,3-9,14-19H2,1-2H3,(H2,27,28,29);1H. The normalized spacial score (nSPS) is 26.4. The number of nitrogens with zero attached hydrogens (tertiary/aromatic N) is 2. The summed E-state index contributed by atoms with van der Waals surface area (Å²) in [6, 6.07) is 10.2. The Labute approximate surface area is 212 Å². The highest BCUT2D eigenvalue weighted by Crippen LogP contribution is 2.33. The highest BCUT2D eigenvalue weighted by atomic mass is 127. The molecule has 1 aromatic rings. The maximum absolute atomic E-state index is 6.20. The Morgan fingerprint density at radius 1 is 1.00 bits per heavy atom. The van der Waals surface area contributed by atoms with E-state index in [1.807, 2.05) is 7.05 Å². The number of ether oxygens (including phenoxy) is 1. The van der Waals surface area contributed by atoms with Gasteiger partial charge in [0.25, 0.3) is 0 Å². The molecule has 2 atom stereocenters. The largest absolute Gasteiger partial charge is 0.373 e. The van der Waals surface area contributed by atoms with E-state index in [0.29, 0.717) is 12.0 Å². The van der Waals surface area contributed by atoms with Crippen molar-refractivity contribution in [1.29, 1.82) is 0 Å². The van der Waals surface area contributed by atoms with Crippen LogP contribution in [-0.2, 0) is 4.74 Å². The average Bonchev–Trinajstić information content (AvgIpc) is 2.83. The van der Waals surface area contributed by atoms with Crippen LogP contribution in [0, 0.1) is 12.8 Å². The fourth-order valence-electron chi connectivity index (χ4n) is 5.65. The van der Waals surface area contributed by atoms with Crippen molar-refractivity contribution < 1.29 is 4.74 Å². The van der Waals surface area contributed by atoms with Crippen LogP contribution in [0.3, 0.4) is 0 Å². The molecule has 0 spiro atoms. The van der Waals surface area contributed by atoms with E-state index in [1.165, 1.54) is 75.6 Å². The lowest BCUT2D eigenvalue weighted by molar-refractivity contribution is -0.0265. The van der Waals surface area contributed by atoms with Crippen LogP contribution in [0.15, 0.2) is 29.3 Å². The van der Waals surface area contributed by atoms with Crippen molar-refractivity contribution in [2.24, 2.45) is 10.9 Å². The average molecular weight is 555 g/mol. The van der Waals surface area contributed by atoms with Crippen LogP contribution in [0.2, 0.25) is 0 Å². The Morgan fingerprint density at radius 2 is 1.72 bits per heavy atom.